The molecule has 0 spiro atoms. The lowest BCUT2D eigenvalue weighted by Gasteiger charge is -2.22. The molecule has 1 aromatic heterocycles. The van der Waals surface area contributed by atoms with Gasteiger partial charge in [0, 0.05) is 15.6 Å². The molecule has 0 radical (unpaired) electrons. The number of rotatable bonds is 19. The zero-order chi connectivity index (χ0) is 23.8. The quantitative estimate of drug-likeness (QED) is 0.174. The molecular weight excluding hydrogens is 478 g/mol. The second kappa shape index (κ2) is 16.8. The van der Waals surface area contributed by atoms with Crippen LogP contribution in [-0.4, -0.2) is 4.98 Å². The summed E-state index contributed by atoms with van der Waals surface area (Å²) in [5.74, 6) is 0.895. The molecule has 2 aromatic rings. The van der Waals surface area contributed by atoms with E-state index in [0.29, 0.717) is 0 Å². The summed E-state index contributed by atoms with van der Waals surface area (Å²) in [7, 11) is 0. The first-order valence-electron chi connectivity index (χ1n) is 15.1. The van der Waals surface area contributed by atoms with Crippen molar-refractivity contribution in [2.75, 3.05) is 0 Å². The second-order valence-corrected chi connectivity index (χ2v) is 12.0. The third-order valence-electron chi connectivity index (χ3n) is 8.24. The van der Waals surface area contributed by atoms with Crippen LogP contribution in [0.2, 0.25) is 0 Å². The molecule has 0 fully saturated rings. The number of fused-ring (bicyclic) bond motifs is 3. The Kier molecular flexibility index (Phi) is 13.8. The van der Waals surface area contributed by atoms with Gasteiger partial charge in [0.05, 0.1) is 5.52 Å². The number of nitrogens with one attached hydrogen (secondary N) is 1. The topological polar surface area (TPSA) is 15.8 Å². The Morgan fingerprint density at radius 1 is 0.735 bits per heavy atom. The Labute approximate surface area is 219 Å². The molecule has 1 aliphatic rings. The Hall–Kier alpha value is -0.760. The van der Waals surface area contributed by atoms with Crippen molar-refractivity contribution in [3.8, 4) is 0 Å². The molecule has 0 saturated carbocycles. The predicted molar refractivity (Wildman–Crippen MR) is 155 cm³/mol. The van der Waals surface area contributed by atoms with Gasteiger partial charge in [-0.25, -0.2) is 0 Å². The summed E-state index contributed by atoms with van der Waals surface area (Å²) in [5, 5.41) is 1.45. The summed E-state index contributed by atoms with van der Waals surface area (Å²) in [5.41, 5.74) is 4.41. The van der Waals surface area contributed by atoms with Crippen LogP contribution in [0.25, 0.3) is 10.9 Å². The van der Waals surface area contributed by atoms with Gasteiger partial charge in [-0.1, -0.05) is 141 Å². The minimum absolute atomic E-state index is 0.895. The van der Waals surface area contributed by atoms with Crippen molar-refractivity contribution in [3.05, 3.63) is 33.9 Å². The molecule has 192 valence electrons. The third-order valence-corrected chi connectivity index (χ3v) is 8.90. The third kappa shape index (κ3) is 9.71. The lowest BCUT2D eigenvalue weighted by molar-refractivity contribution is 0.403. The molecule has 2 heteroatoms. The summed E-state index contributed by atoms with van der Waals surface area (Å²) >= 11 is 3.72. The number of aromatic nitrogens is 1. The van der Waals surface area contributed by atoms with Crippen molar-refractivity contribution >= 4 is 26.8 Å². The number of unbranched alkanes of at least 4 members (excludes halogenated alkanes) is 17. The number of H-pyrrole nitrogens is 1. The zero-order valence-corrected chi connectivity index (χ0v) is 23.8. The maximum atomic E-state index is 3.72. The van der Waals surface area contributed by atoms with Crippen molar-refractivity contribution in [2.45, 2.75) is 148 Å². The van der Waals surface area contributed by atoms with E-state index in [4.69, 9.17) is 0 Å². The van der Waals surface area contributed by atoms with Gasteiger partial charge in [-0.05, 0) is 52.7 Å². The number of halogens is 1. The van der Waals surface area contributed by atoms with Gasteiger partial charge in [0.25, 0.3) is 0 Å². The molecule has 1 heterocycles. The standard InChI is InChI=1S/C32H52BrN/c1-2-3-4-5-6-7-8-9-10-11-12-13-14-15-16-17-18-19-21-27-24-25-31-29(26-27)28-22-20-23-30(33)32(28)34-31/h20,22-23,27,34H,2-19,21,24-26H2,1H3. The molecular formula is C32H52BrN. The van der Waals surface area contributed by atoms with Gasteiger partial charge < -0.3 is 4.98 Å². The van der Waals surface area contributed by atoms with E-state index in [2.05, 4.69) is 46.0 Å². The Balaban J connectivity index is 1.11. The van der Waals surface area contributed by atoms with E-state index in [1.165, 1.54) is 162 Å². The van der Waals surface area contributed by atoms with Gasteiger partial charge in [0.2, 0.25) is 0 Å². The largest absolute Gasteiger partial charge is 0.357 e. The van der Waals surface area contributed by atoms with Gasteiger partial charge in [0.15, 0.2) is 0 Å². The van der Waals surface area contributed by atoms with Crippen LogP contribution in [-0.2, 0) is 12.8 Å². The molecule has 1 aromatic carbocycles. The molecule has 0 bridgehead atoms. The zero-order valence-electron chi connectivity index (χ0n) is 22.2. The molecule has 1 aliphatic carbocycles. The average molecular weight is 531 g/mol. The van der Waals surface area contributed by atoms with Crippen LogP contribution in [0.3, 0.4) is 0 Å². The molecule has 1 N–H and O–H groups in total. The lowest BCUT2D eigenvalue weighted by Crippen LogP contribution is -2.13. The van der Waals surface area contributed by atoms with Gasteiger partial charge >= 0.3 is 0 Å². The fraction of sp³-hybridized carbons (Fsp3) is 0.750. The Morgan fingerprint density at radius 2 is 1.26 bits per heavy atom. The highest BCUT2D eigenvalue weighted by Gasteiger charge is 2.22. The first-order valence-corrected chi connectivity index (χ1v) is 15.9. The number of para-hydroxylation sites is 1. The van der Waals surface area contributed by atoms with Crippen LogP contribution in [0.1, 0.15) is 147 Å². The summed E-state index contributed by atoms with van der Waals surface area (Å²) < 4.78 is 1.21. The maximum Gasteiger partial charge on any atom is 0.0603 e. The fourth-order valence-electron chi connectivity index (χ4n) is 6.06. The maximum absolute atomic E-state index is 3.72. The van der Waals surface area contributed by atoms with Crippen molar-refractivity contribution in [3.63, 3.8) is 0 Å². The van der Waals surface area contributed by atoms with E-state index in [9.17, 15) is 0 Å². The molecule has 1 atom stereocenters. The van der Waals surface area contributed by atoms with Crippen LogP contribution < -0.4 is 0 Å². The van der Waals surface area contributed by atoms with Gasteiger partial charge in [-0.2, -0.15) is 0 Å². The highest BCUT2D eigenvalue weighted by molar-refractivity contribution is 9.10. The normalized spacial score (nSPS) is 15.8. The lowest BCUT2D eigenvalue weighted by atomic mass is 9.83. The van der Waals surface area contributed by atoms with Gasteiger partial charge in [0.1, 0.15) is 0 Å². The van der Waals surface area contributed by atoms with Crippen molar-refractivity contribution in [1.29, 1.82) is 0 Å². The summed E-state index contributed by atoms with van der Waals surface area (Å²) in [6, 6.07) is 6.63. The van der Waals surface area contributed by atoms with Crippen LogP contribution in [0, 0.1) is 5.92 Å². The molecule has 3 rings (SSSR count). The SMILES string of the molecule is CCCCCCCCCCCCCCCCCCCCC1CCc2[nH]c3c(Br)cccc3c2C1. The molecule has 34 heavy (non-hydrogen) atoms. The van der Waals surface area contributed by atoms with Crippen LogP contribution >= 0.6 is 15.9 Å². The number of hydrogen-bond donors (Lipinski definition) is 1. The van der Waals surface area contributed by atoms with Gasteiger partial charge in [-0.15, -0.1) is 0 Å². The fourth-order valence-corrected chi connectivity index (χ4v) is 6.52. The van der Waals surface area contributed by atoms with Crippen molar-refractivity contribution < 1.29 is 0 Å². The Bertz CT molecular complexity index is 792. The van der Waals surface area contributed by atoms with Crippen molar-refractivity contribution in [1.82, 2.24) is 4.98 Å². The number of hydrogen-bond acceptors (Lipinski definition) is 0. The molecule has 1 unspecified atom stereocenters. The van der Waals surface area contributed by atoms with Crippen molar-refractivity contribution in [2.24, 2.45) is 5.92 Å². The van der Waals surface area contributed by atoms with E-state index in [1.807, 2.05) is 0 Å². The minimum atomic E-state index is 0.895. The summed E-state index contributed by atoms with van der Waals surface area (Å²) in [6.45, 7) is 2.30. The number of aromatic amines is 1. The van der Waals surface area contributed by atoms with Crippen LogP contribution in [0.5, 0.6) is 0 Å². The highest BCUT2D eigenvalue weighted by Crippen LogP contribution is 2.36. The molecule has 0 amide bonds. The second-order valence-electron chi connectivity index (χ2n) is 11.2. The monoisotopic (exact) mass is 529 g/mol. The first kappa shape index (κ1) is 27.8. The molecule has 0 saturated heterocycles. The highest BCUT2D eigenvalue weighted by atomic mass is 79.9. The smallest absolute Gasteiger partial charge is 0.0603 e. The number of aryl methyl sites for hydroxylation is 1. The van der Waals surface area contributed by atoms with E-state index in [-0.39, 0.29) is 0 Å². The van der Waals surface area contributed by atoms with E-state index in [1.54, 1.807) is 5.56 Å². The first-order chi connectivity index (χ1) is 16.8. The number of benzene rings is 1. The summed E-state index contributed by atoms with van der Waals surface area (Å²) in [6.07, 6.45) is 31.6. The molecule has 0 aliphatic heterocycles. The van der Waals surface area contributed by atoms with E-state index >= 15 is 0 Å². The van der Waals surface area contributed by atoms with Crippen LogP contribution in [0.4, 0.5) is 0 Å². The Morgan fingerprint density at radius 3 is 1.82 bits per heavy atom. The van der Waals surface area contributed by atoms with E-state index in [0.717, 1.165) is 5.92 Å². The summed E-state index contributed by atoms with van der Waals surface area (Å²) in [4.78, 5) is 3.69. The predicted octanol–water partition coefficient (Wildman–Crippen LogP) is 11.5. The average Bonchev–Trinajstić information content (AvgIpc) is 3.23. The minimum Gasteiger partial charge on any atom is -0.357 e. The molecule has 1 nitrogen and oxygen atoms in total. The van der Waals surface area contributed by atoms with Gasteiger partial charge in [-0.3, -0.25) is 0 Å². The van der Waals surface area contributed by atoms with E-state index < -0.39 is 0 Å². The van der Waals surface area contributed by atoms with Crippen LogP contribution in [0.15, 0.2) is 22.7 Å².